The molecule has 0 saturated heterocycles. The normalized spacial score (nSPS) is 10.0. The second-order valence-electron chi connectivity index (χ2n) is 2.69. The molecule has 72 valence electrons. The highest BCUT2D eigenvalue weighted by Crippen LogP contribution is 2.26. The quantitative estimate of drug-likeness (QED) is 0.683. The van der Waals surface area contributed by atoms with Gasteiger partial charge in [0.25, 0.3) is 0 Å². The predicted octanol–water partition coefficient (Wildman–Crippen LogP) is 2.77. The van der Waals surface area contributed by atoms with E-state index >= 15 is 0 Å². The second-order valence-corrected chi connectivity index (χ2v) is 3.77. The minimum Gasteiger partial charge on any atom is -0.504 e. The van der Waals surface area contributed by atoms with Gasteiger partial charge in [0.15, 0.2) is 11.5 Å². The molecule has 0 heterocycles. The van der Waals surface area contributed by atoms with Gasteiger partial charge in [-0.1, -0.05) is 35.6 Å². The van der Waals surface area contributed by atoms with Gasteiger partial charge in [0.1, 0.15) is 0 Å². The highest BCUT2D eigenvalue weighted by atomic mass is 127. The lowest BCUT2D eigenvalue weighted by molar-refractivity contribution is 0.323. The number of hydrogen-bond acceptors (Lipinski definition) is 2. The van der Waals surface area contributed by atoms with Crippen molar-refractivity contribution in [2.75, 3.05) is 11.0 Å². The van der Waals surface area contributed by atoms with Crippen LogP contribution in [0.4, 0.5) is 0 Å². The van der Waals surface area contributed by atoms with E-state index in [2.05, 4.69) is 29.5 Å². The number of aryl methyl sites for hydroxylation is 1. The Morgan fingerprint density at radius 2 is 2.23 bits per heavy atom. The molecule has 1 N–H and O–H groups in total. The van der Waals surface area contributed by atoms with Gasteiger partial charge in [-0.2, -0.15) is 0 Å². The Balaban J connectivity index is 2.73. The molecule has 0 aromatic heterocycles. The number of hydrogen-bond donors (Lipinski definition) is 1. The van der Waals surface area contributed by atoms with Gasteiger partial charge in [-0.15, -0.1) is 0 Å². The van der Waals surface area contributed by atoms with Gasteiger partial charge in [-0.25, -0.2) is 0 Å². The van der Waals surface area contributed by atoms with Crippen molar-refractivity contribution in [3.63, 3.8) is 0 Å². The van der Waals surface area contributed by atoms with Gasteiger partial charge in [-0.3, -0.25) is 0 Å². The SMILES string of the molecule is CCc1ccc(OCCI)c(O)c1. The monoisotopic (exact) mass is 292 g/mol. The highest BCUT2D eigenvalue weighted by Gasteiger charge is 2.01. The number of aromatic hydroxyl groups is 1. The van der Waals surface area contributed by atoms with Crippen LogP contribution in [-0.2, 0) is 6.42 Å². The molecule has 0 atom stereocenters. The third-order valence-electron chi connectivity index (χ3n) is 1.77. The smallest absolute Gasteiger partial charge is 0.160 e. The molecule has 0 radical (unpaired) electrons. The van der Waals surface area contributed by atoms with Crippen LogP contribution in [0, 0.1) is 0 Å². The molecular weight excluding hydrogens is 279 g/mol. The summed E-state index contributed by atoms with van der Waals surface area (Å²) in [5.74, 6) is 0.818. The van der Waals surface area contributed by atoms with E-state index < -0.39 is 0 Å². The molecule has 0 amide bonds. The average molecular weight is 292 g/mol. The second kappa shape index (κ2) is 5.32. The first kappa shape index (κ1) is 10.6. The minimum atomic E-state index is 0.240. The van der Waals surface area contributed by atoms with E-state index in [0.29, 0.717) is 12.4 Å². The number of phenolic OH excluding ortho intramolecular Hbond substituents is 1. The minimum absolute atomic E-state index is 0.240. The van der Waals surface area contributed by atoms with Crippen LogP contribution in [0.25, 0.3) is 0 Å². The van der Waals surface area contributed by atoms with Crippen LogP contribution in [0.5, 0.6) is 11.5 Å². The molecule has 13 heavy (non-hydrogen) atoms. The summed E-state index contributed by atoms with van der Waals surface area (Å²) < 4.78 is 6.25. The topological polar surface area (TPSA) is 29.5 Å². The van der Waals surface area contributed by atoms with Gasteiger partial charge in [-0.05, 0) is 24.1 Å². The largest absolute Gasteiger partial charge is 0.504 e. The fourth-order valence-corrected chi connectivity index (χ4v) is 1.27. The Morgan fingerprint density at radius 3 is 2.77 bits per heavy atom. The van der Waals surface area contributed by atoms with Crippen molar-refractivity contribution in [1.29, 1.82) is 0 Å². The Morgan fingerprint density at radius 1 is 1.46 bits per heavy atom. The summed E-state index contributed by atoms with van der Waals surface area (Å²) >= 11 is 2.23. The summed E-state index contributed by atoms with van der Waals surface area (Å²) in [5.41, 5.74) is 1.12. The summed E-state index contributed by atoms with van der Waals surface area (Å²) in [7, 11) is 0. The van der Waals surface area contributed by atoms with Crippen LogP contribution in [0.15, 0.2) is 18.2 Å². The summed E-state index contributed by atoms with van der Waals surface area (Å²) in [4.78, 5) is 0. The predicted molar refractivity (Wildman–Crippen MR) is 61.9 cm³/mol. The van der Waals surface area contributed by atoms with Crippen molar-refractivity contribution in [1.82, 2.24) is 0 Å². The fourth-order valence-electron chi connectivity index (χ4n) is 1.05. The van der Waals surface area contributed by atoms with Gasteiger partial charge in [0, 0.05) is 4.43 Å². The number of benzene rings is 1. The standard InChI is InChI=1S/C10H13IO2/c1-2-8-3-4-10(9(12)7-8)13-6-5-11/h3-4,7,12H,2,5-6H2,1H3. The number of alkyl halides is 1. The molecule has 0 bridgehead atoms. The molecule has 0 unspecified atom stereocenters. The van der Waals surface area contributed by atoms with Gasteiger partial charge < -0.3 is 9.84 Å². The zero-order valence-corrected chi connectivity index (χ0v) is 9.74. The van der Waals surface area contributed by atoms with Crippen LogP contribution >= 0.6 is 22.6 Å². The van der Waals surface area contributed by atoms with E-state index in [1.165, 1.54) is 0 Å². The molecule has 3 heteroatoms. The fraction of sp³-hybridized carbons (Fsp3) is 0.400. The maximum atomic E-state index is 9.52. The summed E-state index contributed by atoms with van der Waals surface area (Å²) in [6.07, 6.45) is 0.931. The molecule has 1 aromatic rings. The van der Waals surface area contributed by atoms with Crippen molar-refractivity contribution in [3.8, 4) is 11.5 Å². The van der Waals surface area contributed by atoms with Crippen LogP contribution in [0.2, 0.25) is 0 Å². The molecule has 0 fully saturated rings. The molecule has 0 aliphatic heterocycles. The zero-order chi connectivity index (χ0) is 9.68. The van der Waals surface area contributed by atoms with Crippen LogP contribution in [0.3, 0.4) is 0 Å². The Bertz CT molecular complexity index is 274. The van der Waals surface area contributed by atoms with Crippen molar-refractivity contribution >= 4 is 22.6 Å². The number of rotatable bonds is 4. The first-order chi connectivity index (χ1) is 6.27. The van der Waals surface area contributed by atoms with E-state index in [1.807, 2.05) is 12.1 Å². The molecular formula is C10H13IO2. The van der Waals surface area contributed by atoms with E-state index in [4.69, 9.17) is 4.74 Å². The van der Waals surface area contributed by atoms with Gasteiger partial charge in [0.2, 0.25) is 0 Å². The number of phenols is 1. The Hall–Kier alpha value is -0.450. The average Bonchev–Trinajstić information content (AvgIpc) is 2.16. The summed E-state index contributed by atoms with van der Waals surface area (Å²) in [6, 6.07) is 5.55. The Labute approximate surface area is 92.1 Å². The third-order valence-corrected chi connectivity index (χ3v) is 2.21. The van der Waals surface area contributed by atoms with E-state index in [-0.39, 0.29) is 5.75 Å². The zero-order valence-electron chi connectivity index (χ0n) is 7.59. The van der Waals surface area contributed by atoms with Crippen molar-refractivity contribution in [2.45, 2.75) is 13.3 Å². The Kier molecular flexibility index (Phi) is 4.35. The molecule has 2 nitrogen and oxygen atoms in total. The lowest BCUT2D eigenvalue weighted by Crippen LogP contribution is -1.97. The first-order valence-electron chi connectivity index (χ1n) is 4.28. The van der Waals surface area contributed by atoms with Gasteiger partial charge in [0.05, 0.1) is 6.61 Å². The lowest BCUT2D eigenvalue weighted by Gasteiger charge is -2.07. The van der Waals surface area contributed by atoms with Crippen LogP contribution in [0.1, 0.15) is 12.5 Å². The maximum absolute atomic E-state index is 9.52. The van der Waals surface area contributed by atoms with E-state index in [0.717, 1.165) is 16.4 Å². The third kappa shape index (κ3) is 3.06. The van der Waals surface area contributed by atoms with E-state index in [9.17, 15) is 5.11 Å². The molecule has 1 aromatic carbocycles. The first-order valence-corrected chi connectivity index (χ1v) is 5.81. The maximum Gasteiger partial charge on any atom is 0.160 e. The molecule has 0 aliphatic rings. The van der Waals surface area contributed by atoms with Crippen LogP contribution < -0.4 is 4.74 Å². The molecule has 1 rings (SSSR count). The van der Waals surface area contributed by atoms with Gasteiger partial charge >= 0.3 is 0 Å². The number of halogens is 1. The molecule has 0 spiro atoms. The van der Waals surface area contributed by atoms with Crippen molar-refractivity contribution < 1.29 is 9.84 Å². The van der Waals surface area contributed by atoms with E-state index in [1.54, 1.807) is 6.07 Å². The van der Waals surface area contributed by atoms with Crippen molar-refractivity contribution in [3.05, 3.63) is 23.8 Å². The highest BCUT2D eigenvalue weighted by molar-refractivity contribution is 14.1. The summed E-state index contributed by atoms with van der Waals surface area (Å²) in [5, 5.41) is 9.52. The molecule has 0 saturated carbocycles. The molecule has 0 aliphatic carbocycles. The number of ether oxygens (including phenoxy) is 1. The van der Waals surface area contributed by atoms with Crippen LogP contribution in [-0.4, -0.2) is 16.1 Å². The summed E-state index contributed by atoms with van der Waals surface area (Å²) in [6.45, 7) is 2.69. The lowest BCUT2D eigenvalue weighted by atomic mass is 10.1. The van der Waals surface area contributed by atoms with Crippen molar-refractivity contribution in [2.24, 2.45) is 0 Å².